The molecule has 168 valence electrons. The number of amides is 2. The second-order valence-electron chi connectivity index (χ2n) is 6.60. The number of sulfonamides is 1. The van der Waals surface area contributed by atoms with Gasteiger partial charge >= 0.3 is 5.97 Å². The number of primary sulfonamides is 1. The molecule has 10 nitrogen and oxygen atoms in total. The van der Waals surface area contributed by atoms with Gasteiger partial charge in [-0.15, -0.1) is 0 Å². The number of carbonyl (C=O) groups excluding carboxylic acids is 3. The lowest BCUT2D eigenvalue weighted by Crippen LogP contribution is -2.28. The molecule has 2 amide bonds. The summed E-state index contributed by atoms with van der Waals surface area (Å²) in [4.78, 5) is 40.4. The summed E-state index contributed by atoms with van der Waals surface area (Å²) in [5.74, 6) is -1.18. The van der Waals surface area contributed by atoms with Crippen LogP contribution in [0.1, 0.15) is 23.7 Å². The van der Waals surface area contributed by atoms with Gasteiger partial charge < -0.3 is 15.4 Å². The van der Waals surface area contributed by atoms with E-state index in [-0.39, 0.29) is 29.7 Å². The van der Waals surface area contributed by atoms with Crippen LogP contribution in [0.25, 0.3) is 0 Å². The number of carbonyl (C=O) groups is 3. The molecule has 1 heterocycles. The SMILES string of the molecule is CCOC(=O)c1ccc(NC(=O)C[C@H]2SC(=Nc3ccc(S(N)(=O)=O)cc3)NC2=O)cc1. The average Bonchev–Trinajstić information content (AvgIpc) is 3.07. The lowest BCUT2D eigenvalue weighted by Gasteiger charge is -2.08. The van der Waals surface area contributed by atoms with Crippen molar-refractivity contribution in [3.63, 3.8) is 0 Å². The number of hydrogen-bond donors (Lipinski definition) is 3. The van der Waals surface area contributed by atoms with Crippen LogP contribution >= 0.6 is 11.8 Å². The minimum atomic E-state index is -3.80. The molecule has 0 spiro atoms. The first-order valence-corrected chi connectivity index (χ1v) is 11.8. The van der Waals surface area contributed by atoms with Gasteiger partial charge in [0, 0.05) is 12.1 Å². The third-order valence-corrected chi connectivity index (χ3v) is 6.23. The van der Waals surface area contributed by atoms with Crippen molar-refractivity contribution < 1.29 is 27.5 Å². The fourth-order valence-corrected chi connectivity index (χ4v) is 4.21. The van der Waals surface area contributed by atoms with Gasteiger partial charge in [-0.25, -0.2) is 23.3 Å². The molecular weight excluding hydrogens is 456 g/mol. The number of esters is 1. The van der Waals surface area contributed by atoms with Gasteiger partial charge in [0.1, 0.15) is 5.25 Å². The van der Waals surface area contributed by atoms with E-state index in [1.807, 2.05) is 0 Å². The largest absolute Gasteiger partial charge is 0.462 e. The lowest BCUT2D eigenvalue weighted by molar-refractivity contribution is -0.122. The Labute approximate surface area is 188 Å². The number of aliphatic imine (C=N–C) groups is 1. The van der Waals surface area contributed by atoms with Crippen molar-refractivity contribution >= 4 is 56.1 Å². The van der Waals surface area contributed by atoms with Crippen molar-refractivity contribution in [2.45, 2.75) is 23.5 Å². The van der Waals surface area contributed by atoms with Crippen LogP contribution in [0.2, 0.25) is 0 Å². The van der Waals surface area contributed by atoms with E-state index in [0.29, 0.717) is 22.1 Å². The molecule has 1 saturated heterocycles. The van der Waals surface area contributed by atoms with E-state index in [9.17, 15) is 22.8 Å². The average molecular weight is 477 g/mol. The number of anilines is 1. The summed E-state index contributed by atoms with van der Waals surface area (Å²) in [6.45, 7) is 1.98. The maximum Gasteiger partial charge on any atom is 0.338 e. The first-order valence-electron chi connectivity index (χ1n) is 9.42. The van der Waals surface area contributed by atoms with E-state index in [4.69, 9.17) is 9.88 Å². The molecule has 1 aliphatic heterocycles. The number of amidine groups is 1. The topological polar surface area (TPSA) is 157 Å². The minimum absolute atomic E-state index is 0.0469. The molecule has 4 N–H and O–H groups in total. The van der Waals surface area contributed by atoms with E-state index in [0.717, 1.165) is 11.8 Å². The number of benzene rings is 2. The predicted octanol–water partition coefficient (Wildman–Crippen LogP) is 1.76. The molecule has 2 aromatic carbocycles. The third-order valence-electron chi connectivity index (χ3n) is 4.22. The van der Waals surface area contributed by atoms with E-state index in [1.54, 1.807) is 19.1 Å². The molecule has 12 heteroatoms. The van der Waals surface area contributed by atoms with Gasteiger partial charge in [0.25, 0.3) is 0 Å². The Morgan fingerprint density at radius 1 is 1.16 bits per heavy atom. The molecule has 0 bridgehead atoms. The third kappa shape index (κ3) is 6.15. The fraction of sp³-hybridized carbons (Fsp3) is 0.200. The highest BCUT2D eigenvalue weighted by atomic mass is 32.2. The molecule has 1 atom stereocenters. The minimum Gasteiger partial charge on any atom is -0.462 e. The van der Waals surface area contributed by atoms with Crippen molar-refractivity contribution in [1.29, 1.82) is 0 Å². The van der Waals surface area contributed by atoms with Crippen LogP contribution in [0.15, 0.2) is 58.4 Å². The van der Waals surface area contributed by atoms with Crippen molar-refractivity contribution in [3.05, 3.63) is 54.1 Å². The van der Waals surface area contributed by atoms with Crippen molar-refractivity contribution in [2.75, 3.05) is 11.9 Å². The van der Waals surface area contributed by atoms with E-state index < -0.39 is 21.2 Å². The number of nitrogens with two attached hydrogens (primary N) is 1. The Kier molecular flexibility index (Phi) is 7.28. The first kappa shape index (κ1) is 23.4. The summed E-state index contributed by atoms with van der Waals surface area (Å²) in [6, 6.07) is 11.8. The first-order chi connectivity index (χ1) is 15.2. The highest BCUT2D eigenvalue weighted by Crippen LogP contribution is 2.26. The summed E-state index contributed by atoms with van der Waals surface area (Å²) in [6.07, 6.45) is -0.0838. The molecule has 0 radical (unpaired) electrons. The van der Waals surface area contributed by atoms with Crippen LogP contribution in [-0.4, -0.2) is 43.2 Å². The van der Waals surface area contributed by atoms with Crippen LogP contribution < -0.4 is 15.8 Å². The molecule has 0 saturated carbocycles. The van der Waals surface area contributed by atoms with Crippen LogP contribution in [0, 0.1) is 0 Å². The number of nitrogens with zero attached hydrogens (tertiary/aromatic N) is 1. The standard InChI is InChI=1S/C20H20N4O6S2/c1-2-30-19(27)12-3-5-13(6-4-12)22-17(25)11-16-18(26)24-20(31-16)23-14-7-9-15(10-8-14)32(21,28)29/h3-10,16H,2,11H2,1H3,(H,22,25)(H2,21,28,29)(H,23,24,26)/t16-/m1/s1. The number of ether oxygens (including phenoxy) is 1. The van der Waals surface area contributed by atoms with Crippen molar-refractivity contribution in [3.8, 4) is 0 Å². The van der Waals surface area contributed by atoms with Crippen LogP contribution in [0.5, 0.6) is 0 Å². The zero-order chi connectivity index (χ0) is 23.3. The molecule has 3 rings (SSSR count). The Balaban J connectivity index is 1.57. The summed E-state index contributed by atoms with van der Waals surface area (Å²) in [5.41, 5.74) is 1.27. The smallest absolute Gasteiger partial charge is 0.338 e. The molecule has 32 heavy (non-hydrogen) atoms. The predicted molar refractivity (Wildman–Crippen MR) is 120 cm³/mol. The number of nitrogens with one attached hydrogen (secondary N) is 2. The van der Waals surface area contributed by atoms with Crippen LogP contribution in [0.4, 0.5) is 11.4 Å². The van der Waals surface area contributed by atoms with Gasteiger partial charge in [-0.3, -0.25) is 9.59 Å². The van der Waals surface area contributed by atoms with Gasteiger partial charge in [0.05, 0.1) is 22.8 Å². The number of hydrogen-bond acceptors (Lipinski definition) is 8. The molecule has 0 aromatic heterocycles. The number of thioether (sulfide) groups is 1. The van der Waals surface area contributed by atoms with Gasteiger partial charge in [0.2, 0.25) is 21.8 Å². The second kappa shape index (κ2) is 9.94. The highest BCUT2D eigenvalue weighted by Gasteiger charge is 2.32. The maximum atomic E-state index is 12.3. The van der Waals surface area contributed by atoms with Crippen molar-refractivity contribution in [2.24, 2.45) is 10.1 Å². The monoisotopic (exact) mass is 476 g/mol. The quantitative estimate of drug-likeness (QED) is 0.514. The van der Waals surface area contributed by atoms with E-state index >= 15 is 0 Å². The van der Waals surface area contributed by atoms with E-state index in [1.165, 1.54) is 36.4 Å². The van der Waals surface area contributed by atoms with Gasteiger partial charge in [-0.05, 0) is 55.5 Å². The summed E-state index contributed by atoms with van der Waals surface area (Å²) < 4.78 is 27.5. The van der Waals surface area contributed by atoms with Crippen molar-refractivity contribution in [1.82, 2.24) is 5.32 Å². The van der Waals surface area contributed by atoms with Gasteiger partial charge in [-0.2, -0.15) is 0 Å². The Hall–Kier alpha value is -3.22. The van der Waals surface area contributed by atoms with E-state index in [2.05, 4.69) is 15.6 Å². The maximum absolute atomic E-state index is 12.3. The normalized spacial score (nSPS) is 17.1. The molecule has 1 aliphatic rings. The summed E-state index contributed by atoms with van der Waals surface area (Å²) >= 11 is 1.10. The second-order valence-corrected chi connectivity index (χ2v) is 9.35. The lowest BCUT2D eigenvalue weighted by atomic mass is 10.2. The molecule has 0 unspecified atom stereocenters. The molecule has 2 aromatic rings. The molecule has 0 aliphatic carbocycles. The zero-order valence-electron chi connectivity index (χ0n) is 16.9. The molecular formula is C20H20N4O6S2. The highest BCUT2D eigenvalue weighted by molar-refractivity contribution is 8.15. The van der Waals surface area contributed by atoms with Gasteiger partial charge in [0.15, 0.2) is 5.17 Å². The molecule has 1 fully saturated rings. The summed E-state index contributed by atoms with van der Waals surface area (Å²) in [7, 11) is -3.80. The Morgan fingerprint density at radius 3 is 2.41 bits per heavy atom. The Bertz CT molecular complexity index is 1160. The zero-order valence-corrected chi connectivity index (χ0v) is 18.5. The van der Waals surface area contributed by atoms with Crippen LogP contribution in [-0.2, 0) is 24.3 Å². The van der Waals surface area contributed by atoms with Crippen LogP contribution in [0.3, 0.4) is 0 Å². The fourth-order valence-electron chi connectivity index (χ4n) is 2.70. The van der Waals surface area contributed by atoms with Gasteiger partial charge in [-0.1, -0.05) is 11.8 Å². The summed E-state index contributed by atoms with van der Waals surface area (Å²) in [5, 5.41) is 9.97. The number of rotatable bonds is 7. The Morgan fingerprint density at radius 2 is 1.81 bits per heavy atom.